The largest absolute Gasteiger partial charge is 0.449 e. The van der Waals surface area contributed by atoms with Gasteiger partial charge in [-0.3, -0.25) is 4.98 Å². The molecule has 0 spiro atoms. The van der Waals surface area contributed by atoms with E-state index < -0.39 is 17.8 Å². The Morgan fingerprint density at radius 1 is 1.28 bits per heavy atom. The number of nitrogens with zero attached hydrogens (tertiary/aromatic N) is 2. The number of hydrogen-bond donors (Lipinski definition) is 1. The average molecular weight is 275 g/mol. The van der Waals surface area contributed by atoms with Crippen LogP contribution in [0.15, 0.2) is 24.5 Å². The van der Waals surface area contributed by atoms with Crippen molar-refractivity contribution in [3.05, 3.63) is 40.8 Å². The average Bonchev–Trinajstić information content (AvgIpc) is 2.27. The monoisotopic (exact) mass is 275 g/mol. The zero-order chi connectivity index (χ0) is 13.3. The van der Waals surface area contributed by atoms with Gasteiger partial charge in [0.15, 0.2) is 5.82 Å². The van der Waals surface area contributed by atoms with Gasteiger partial charge in [0.05, 0.1) is 11.9 Å². The van der Waals surface area contributed by atoms with Gasteiger partial charge >= 0.3 is 6.18 Å². The number of rotatable bonds is 1. The quantitative estimate of drug-likeness (QED) is 0.641. The van der Waals surface area contributed by atoms with Crippen molar-refractivity contribution in [2.45, 2.75) is 6.18 Å². The second-order valence-corrected chi connectivity index (χ2v) is 3.75. The van der Waals surface area contributed by atoms with E-state index in [-0.39, 0.29) is 15.9 Å². The molecule has 2 heterocycles. The van der Waals surface area contributed by atoms with Gasteiger partial charge in [-0.05, 0) is 12.1 Å². The lowest BCUT2D eigenvalue weighted by Gasteiger charge is -2.09. The van der Waals surface area contributed by atoms with Crippen LogP contribution in [0.1, 0.15) is 5.82 Å². The Morgan fingerprint density at radius 2 is 2.00 bits per heavy atom. The molecule has 0 radical (unpaired) electrons. The SMILES string of the molecule is Fc1cnccc1-c1cc(=S)nc(C(F)(F)F)[nH]1. The molecular formula is C10H5F4N3S. The predicted molar refractivity (Wildman–Crippen MR) is 57.6 cm³/mol. The molecule has 94 valence electrons. The van der Waals surface area contributed by atoms with Crippen LogP contribution >= 0.6 is 12.2 Å². The number of halogens is 4. The fourth-order valence-corrected chi connectivity index (χ4v) is 1.54. The summed E-state index contributed by atoms with van der Waals surface area (Å²) in [5, 5.41) is 0. The summed E-state index contributed by atoms with van der Waals surface area (Å²) in [6.45, 7) is 0. The van der Waals surface area contributed by atoms with E-state index in [0.717, 1.165) is 12.3 Å². The summed E-state index contributed by atoms with van der Waals surface area (Å²) in [4.78, 5) is 8.68. The van der Waals surface area contributed by atoms with Crippen molar-refractivity contribution in [1.82, 2.24) is 15.0 Å². The lowest BCUT2D eigenvalue weighted by atomic mass is 10.2. The van der Waals surface area contributed by atoms with Crippen molar-refractivity contribution in [3.63, 3.8) is 0 Å². The smallest absolute Gasteiger partial charge is 0.335 e. The van der Waals surface area contributed by atoms with Crippen molar-refractivity contribution in [2.24, 2.45) is 0 Å². The fraction of sp³-hybridized carbons (Fsp3) is 0.100. The highest BCUT2D eigenvalue weighted by atomic mass is 32.1. The van der Waals surface area contributed by atoms with Crippen LogP contribution in [-0.4, -0.2) is 15.0 Å². The van der Waals surface area contributed by atoms with Crippen molar-refractivity contribution < 1.29 is 17.6 Å². The molecule has 0 fully saturated rings. The molecule has 1 N–H and O–H groups in total. The molecule has 0 saturated carbocycles. The predicted octanol–water partition coefficient (Wildman–Crippen LogP) is 3.36. The summed E-state index contributed by atoms with van der Waals surface area (Å²) in [6.07, 6.45) is -2.50. The third-order valence-electron chi connectivity index (χ3n) is 2.07. The van der Waals surface area contributed by atoms with Crippen LogP contribution in [0.3, 0.4) is 0 Å². The van der Waals surface area contributed by atoms with Crippen LogP contribution in [-0.2, 0) is 6.18 Å². The second-order valence-electron chi connectivity index (χ2n) is 3.33. The Labute approximate surface area is 104 Å². The summed E-state index contributed by atoms with van der Waals surface area (Å²) in [5.74, 6) is -2.01. The molecule has 3 nitrogen and oxygen atoms in total. The second kappa shape index (κ2) is 4.45. The Kier molecular flexibility index (Phi) is 3.12. The maximum atomic E-state index is 13.4. The topological polar surface area (TPSA) is 41.6 Å². The molecule has 0 amide bonds. The van der Waals surface area contributed by atoms with Crippen molar-refractivity contribution in [2.75, 3.05) is 0 Å². The molecule has 0 atom stereocenters. The normalized spacial score (nSPS) is 11.6. The number of H-pyrrole nitrogens is 1. The standard InChI is InChI=1S/C10H5F4N3S/c11-6-4-15-2-1-5(6)7-3-8(18)17-9(16-7)10(12,13)14/h1-4H,(H,16,17,18). The van der Waals surface area contributed by atoms with Crippen LogP contribution < -0.4 is 0 Å². The molecule has 0 bridgehead atoms. The number of hydrogen-bond acceptors (Lipinski definition) is 3. The molecule has 0 aliphatic heterocycles. The third kappa shape index (κ3) is 2.53. The number of aromatic nitrogens is 3. The highest BCUT2D eigenvalue weighted by Crippen LogP contribution is 2.28. The molecule has 2 rings (SSSR count). The van der Waals surface area contributed by atoms with Gasteiger partial charge in [-0.15, -0.1) is 0 Å². The molecule has 0 aliphatic rings. The minimum atomic E-state index is -4.67. The molecule has 2 aromatic heterocycles. The minimum absolute atomic E-state index is 0.0519. The van der Waals surface area contributed by atoms with Gasteiger partial charge in [0.25, 0.3) is 0 Å². The third-order valence-corrected chi connectivity index (χ3v) is 2.28. The fourth-order valence-electron chi connectivity index (χ4n) is 1.33. The van der Waals surface area contributed by atoms with Gasteiger partial charge in [-0.1, -0.05) is 12.2 Å². The highest BCUT2D eigenvalue weighted by Gasteiger charge is 2.34. The first-order valence-electron chi connectivity index (χ1n) is 4.66. The van der Waals surface area contributed by atoms with Gasteiger partial charge < -0.3 is 4.98 Å². The molecule has 2 aromatic rings. The van der Waals surface area contributed by atoms with E-state index in [4.69, 9.17) is 0 Å². The van der Waals surface area contributed by atoms with Crippen molar-refractivity contribution >= 4 is 12.2 Å². The molecule has 18 heavy (non-hydrogen) atoms. The van der Waals surface area contributed by atoms with E-state index in [1.54, 1.807) is 0 Å². The maximum Gasteiger partial charge on any atom is 0.449 e. The molecular weight excluding hydrogens is 270 g/mol. The van der Waals surface area contributed by atoms with Gasteiger partial charge in [-0.25, -0.2) is 9.37 Å². The summed E-state index contributed by atoms with van der Waals surface area (Å²) in [6, 6.07) is 2.40. The zero-order valence-corrected chi connectivity index (χ0v) is 9.44. The van der Waals surface area contributed by atoms with Gasteiger partial charge in [0, 0.05) is 11.8 Å². The number of pyridine rings is 1. The number of nitrogens with one attached hydrogen (secondary N) is 1. The highest BCUT2D eigenvalue weighted by molar-refractivity contribution is 7.71. The molecule has 0 aromatic carbocycles. The molecule has 8 heteroatoms. The van der Waals surface area contributed by atoms with E-state index in [9.17, 15) is 17.6 Å². The number of aromatic amines is 1. The van der Waals surface area contributed by atoms with Gasteiger partial charge in [0.1, 0.15) is 4.64 Å². The summed E-state index contributed by atoms with van der Waals surface area (Å²) in [5.41, 5.74) is -0.147. The molecule has 0 unspecified atom stereocenters. The van der Waals surface area contributed by atoms with Gasteiger partial charge in [-0.2, -0.15) is 13.2 Å². The Balaban J connectivity index is 2.63. The maximum absolute atomic E-state index is 13.4. The zero-order valence-electron chi connectivity index (χ0n) is 8.62. The first kappa shape index (κ1) is 12.6. The Hall–Kier alpha value is -1.83. The number of alkyl halides is 3. The summed E-state index contributed by atoms with van der Waals surface area (Å²) in [7, 11) is 0. The summed E-state index contributed by atoms with van der Waals surface area (Å²) >= 11 is 4.63. The molecule has 0 aliphatic carbocycles. The van der Waals surface area contributed by atoms with E-state index >= 15 is 0 Å². The van der Waals surface area contributed by atoms with E-state index in [1.165, 1.54) is 12.3 Å². The van der Waals surface area contributed by atoms with Crippen LogP contribution in [0.2, 0.25) is 0 Å². The van der Waals surface area contributed by atoms with Crippen molar-refractivity contribution in [3.8, 4) is 11.3 Å². The Morgan fingerprint density at radius 3 is 2.61 bits per heavy atom. The summed E-state index contributed by atoms with van der Waals surface area (Å²) < 4.78 is 50.7. The van der Waals surface area contributed by atoms with E-state index in [2.05, 4.69) is 22.2 Å². The lowest BCUT2D eigenvalue weighted by Crippen LogP contribution is -2.11. The first-order valence-corrected chi connectivity index (χ1v) is 5.07. The molecule has 0 saturated heterocycles. The van der Waals surface area contributed by atoms with Gasteiger partial charge in [0.2, 0.25) is 5.82 Å². The van der Waals surface area contributed by atoms with Crippen LogP contribution in [0.4, 0.5) is 17.6 Å². The van der Waals surface area contributed by atoms with Crippen molar-refractivity contribution in [1.29, 1.82) is 0 Å². The van der Waals surface area contributed by atoms with Crippen LogP contribution in [0.5, 0.6) is 0 Å². The van der Waals surface area contributed by atoms with Crippen LogP contribution in [0.25, 0.3) is 11.3 Å². The van der Waals surface area contributed by atoms with E-state index in [0.29, 0.717) is 0 Å². The van der Waals surface area contributed by atoms with Crippen LogP contribution in [0, 0.1) is 10.5 Å². The first-order chi connectivity index (χ1) is 8.38. The Bertz CT molecular complexity index is 636. The lowest BCUT2D eigenvalue weighted by molar-refractivity contribution is -0.145. The van der Waals surface area contributed by atoms with E-state index in [1.807, 2.05) is 4.98 Å². The minimum Gasteiger partial charge on any atom is -0.335 e.